The fourth-order valence-corrected chi connectivity index (χ4v) is 3.44. The first-order valence-electron chi connectivity index (χ1n) is 11.2. The van der Waals surface area contributed by atoms with Gasteiger partial charge in [-0.3, -0.25) is 9.59 Å². The van der Waals surface area contributed by atoms with Crippen LogP contribution in [0.15, 0.2) is 83.6 Å². The lowest BCUT2D eigenvalue weighted by atomic mass is 10.0. The third kappa shape index (κ3) is 7.29. The van der Waals surface area contributed by atoms with Gasteiger partial charge in [-0.25, -0.2) is 5.43 Å². The lowest BCUT2D eigenvalue weighted by molar-refractivity contribution is -0.117. The van der Waals surface area contributed by atoms with Gasteiger partial charge in [0, 0.05) is 19.8 Å². The Morgan fingerprint density at radius 3 is 2.14 bits per heavy atom. The summed E-state index contributed by atoms with van der Waals surface area (Å²) in [4.78, 5) is 27.8. The largest absolute Gasteiger partial charge is 0.378 e. The van der Waals surface area contributed by atoms with Gasteiger partial charge in [-0.1, -0.05) is 74.0 Å². The van der Waals surface area contributed by atoms with Crippen LogP contribution in [0.1, 0.15) is 46.8 Å². The number of anilines is 1. The maximum Gasteiger partial charge on any atom is 0.287 e. The maximum atomic E-state index is 13.0. The van der Waals surface area contributed by atoms with Crippen molar-refractivity contribution < 1.29 is 9.59 Å². The predicted molar refractivity (Wildman–Crippen MR) is 144 cm³/mol. The standard InChI is InChI=1S/C28H29ClN4O2/c1-19(2)22-13-9-21(10-14-22)18-30-32-28(35)26(17-20-11-15-23(16-12-20)33(3)4)31-27(34)24-7-5-6-8-25(24)29/h5-19H,1-4H3,(H,31,34)(H,32,35)/b26-17+,30-18?. The molecule has 0 aromatic heterocycles. The fraction of sp³-hybridized carbons (Fsp3) is 0.179. The molecule has 0 heterocycles. The molecular formula is C28H29ClN4O2. The molecule has 6 nitrogen and oxygen atoms in total. The van der Waals surface area contributed by atoms with Crippen molar-refractivity contribution in [2.24, 2.45) is 5.10 Å². The molecule has 3 aromatic rings. The second-order valence-electron chi connectivity index (χ2n) is 8.50. The van der Waals surface area contributed by atoms with E-state index in [1.165, 1.54) is 5.56 Å². The number of hydrogen-bond donors (Lipinski definition) is 2. The molecule has 0 spiro atoms. The summed E-state index contributed by atoms with van der Waals surface area (Å²) in [5, 5.41) is 7.03. The zero-order valence-corrected chi connectivity index (χ0v) is 21.0. The molecule has 0 fully saturated rings. The third-order valence-electron chi connectivity index (χ3n) is 5.31. The summed E-state index contributed by atoms with van der Waals surface area (Å²) < 4.78 is 0. The van der Waals surface area contributed by atoms with Crippen molar-refractivity contribution >= 4 is 41.4 Å². The Kier molecular flexibility index (Phi) is 8.81. The summed E-state index contributed by atoms with van der Waals surface area (Å²) in [5.41, 5.74) is 6.63. The molecule has 0 bridgehead atoms. The molecule has 0 aliphatic rings. The molecule has 0 unspecified atom stereocenters. The predicted octanol–water partition coefficient (Wildman–Crippen LogP) is 5.45. The van der Waals surface area contributed by atoms with Gasteiger partial charge in [0.1, 0.15) is 5.70 Å². The number of nitrogens with one attached hydrogen (secondary N) is 2. The van der Waals surface area contributed by atoms with E-state index in [1.54, 1.807) is 36.6 Å². The van der Waals surface area contributed by atoms with Crippen molar-refractivity contribution in [1.29, 1.82) is 0 Å². The Morgan fingerprint density at radius 1 is 0.914 bits per heavy atom. The van der Waals surface area contributed by atoms with Crippen LogP contribution in [0.3, 0.4) is 0 Å². The van der Waals surface area contributed by atoms with E-state index in [4.69, 9.17) is 11.6 Å². The molecule has 2 amide bonds. The minimum atomic E-state index is -0.558. The molecule has 0 atom stereocenters. The van der Waals surface area contributed by atoms with Gasteiger partial charge < -0.3 is 10.2 Å². The number of carbonyl (C=O) groups excluding carboxylic acids is 2. The molecule has 0 aliphatic carbocycles. The van der Waals surface area contributed by atoms with Crippen LogP contribution in [0.2, 0.25) is 5.02 Å². The zero-order valence-electron chi connectivity index (χ0n) is 20.2. The smallest absolute Gasteiger partial charge is 0.287 e. The van der Waals surface area contributed by atoms with Gasteiger partial charge in [-0.05, 0) is 52.9 Å². The van der Waals surface area contributed by atoms with Gasteiger partial charge in [0.2, 0.25) is 0 Å². The topological polar surface area (TPSA) is 73.8 Å². The van der Waals surface area contributed by atoms with Crippen LogP contribution in [0.4, 0.5) is 5.69 Å². The Labute approximate surface area is 211 Å². The van der Waals surface area contributed by atoms with Crippen LogP contribution < -0.4 is 15.6 Å². The van der Waals surface area contributed by atoms with Crippen LogP contribution in [0.5, 0.6) is 0 Å². The van der Waals surface area contributed by atoms with Crippen LogP contribution in [0, 0.1) is 0 Å². The van der Waals surface area contributed by atoms with E-state index in [0.717, 1.165) is 16.8 Å². The molecule has 0 saturated carbocycles. The van der Waals surface area contributed by atoms with Gasteiger partial charge >= 0.3 is 0 Å². The van der Waals surface area contributed by atoms with Gasteiger partial charge in [0.25, 0.3) is 11.8 Å². The summed E-state index contributed by atoms with van der Waals surface area (Å²) >= 11 is 6.16. The van der Waals surface area contributed by atoms with Gasteiger partial charge in [-0.15, -0.1) is 0 Å². The summed E-state index contributed by atoms with van der Waals surface area (Å²) in [7, 11) is 3.89. The highest BCUT2D eigenvalue weighted by Gasteiger charge is 2.16. The van der Waals surface area contributed by atoms with Crippen molar-refractivity contribution in [3.05, 3.63) is 106 Å². The molecule has 3 aromatic carbocycles. The van der Waals surface area contributed by atoms with Crippen LogP contribution >= 0.6 is 11.6 Å². The summed E-state index contributed by atoms with van der Waals surface area (Å²) in [6, 6.07) is 22.2. The number of halogens is 1. The number of nitrogens with zero attached hydrogens (tertiary/aromatic N) is 2. The zero-order chi connectivity index (χ0) is 25.4. The quantitative estimate of drug-likeness (QED) is 0.251. The first-order chi connectivity index (χ1) is 16.7. The van der Waals surface area contributed by atoms with Gasteiger partial charge in [-0.2, -0.15) is 5.10 Å². The highest BCUT2D eigenvalue weighted by Crippen LogP contribution is 2.17. The monoisotopic (exact) mass is 488 g/mol. The van der Waals surface area contributed by atoms with E-state index in [0.29, 0.717) is 10.9 Å². The minimum absolute atomic E-state index is 0.0415. The molecular weight excluding hydrogens is 460 g/mol. The van der Waals surface area contributed by atoms with Crippen LogP contribution in [-0.4, -0.2) is 32.1 Å². The van der Waals surface area contributed by atoms with E-state index in [9.17, 15) is 9.59 Å². The number of rotatable bonds is 8. The van der Waals surface area contributed by atoms with Crippen molar-refractivity contribution in [2.75, 3.05) is 19.0 Å². The number of carbonyl (C=O) groups is 2. The Balaban J connectivity index is 1.81. The number of hydrogen-bond acceptors (Lipinski definition) is 4. The van der Waals surface area contributed by atoms with E-state index in [1.807, 2.05) is 67.5 Å². The first-order valence-corrected chi connectivity index (χ1v) is 11.6. The highest BCUT2D eigenvalue weighted by molar-refractivity contribution is 6.34. The number of benzene rings is 3. The molecule has 180 valence electrons. The van der Waals surface area contributed by atoms with Crippen LogP contribution in [-0.2, 0) is 4.79 Å². The second-order valence-corrected chi connectivity index (χ2v) is 8.91. The molecule has 0 saturated heterocycles. The third-order valence-corrected chi connectivity index (χ3v) is 5.64. The molecule has 0 radical (unpaired) electrons. The number of hydrazone groups is 1. The Bertz CT molecular complexity index is 1230. The average molecular weight is 489 g/mol. The van der Waals surface area contributed by atoms with Crippen molar-refractivity contribution in [3.8, 4) is 0 Å². The fourth-order valence-electron chi connectivity index (χ4n) is 3.22. The lowest BCUT2D eigenvalue weighted by Gasteiger charge is -2.13. The molecule has 3 rings (SSSR count). The first kappa shape index (κ1) is 25.7. The molecule has 7 heteroatoms. The second kappa shape index (κ2) is 12.0. The Morgan fingerprint density at radius 2 is 1.54 bits per heavy atom. The van der Waals surface area contributed by atoms with Crippen molar-refractivity contribution in [2.45, 2.75) is 19.8 Å². The SMILES string of the molecule is CC(C)c1ccc(C=NNC(=O)/C(=C\c2ccc(N(C)C)cc2)NC(=O)c2ccccc2Cl)cc1. The van der Waals surface area contributed by atoms with Crippen molar-refractivity contribution in [3.63, 3.8) is 0 Å². The molecule has 0 aliphatic heterocycles. The average Bonchev–Trinajstić information content (AvgIpc) is 2.84. The Hall–Kier alpha value is -3.90. The van der Waals surface area contributed by atoms with E-state index in [2.05, 4.69) is 29.7 Å². The minimum Gasteiger partial charge on any atom is -0.378 e. The van der Waals surface area contributed by atoms with Gasteiger partial charge in [0.15, 0.2) is 0 Å². The highest BCUT2D eigenvalue weighted by atomic mass is 35.5. The lowest BCUT2D eigenvalue weighted by Crippen LogP contribution is -2.33. The molecule has 2 N–H and O–H groups in total. The molecule has 35 heavy (non-hydrogen) atoms. The normalized spacial score (nSPS) is 11.5. The summed E-state index contributed by atoms with van der Waals surface area (Å²) in [5.74, 6) is -0.616. The van der Waals surface area contributed by atoms with E-state index in [-0.39, 0.29) is 11.3 Å². The van der Waals surface area contributed by atoms with E-state index < -0.39 is 11.8 Å². The maximum absolute atomic E-state index is 13.0. The number of amides is 2. The summed E-state index contributed by atoms with van der Waals surface area (Å²) in [6.07, 6.45) is 3.15. The van der Waals surface area contributed by atoms with E-state index >= 15 is 0 Å². The van der Waals surface area contributed by atoms with Gasteiger partial charge in [0.05, 0.1) is 16.8 Å². The summed E-state index contributed by atoms with van der Waals surface area (Å²) in [6.45, 7) is 4.25. The van der Waals surface area contributed by atoms with Crippen LogP contribution in [0.25, 0.3) is 6.08 Å². The van der Waals surface area contributed by atoms with Crippen molar-refractivity contribution in [1.82, 2.24) is 10.7 Å².